The van der Waals surface area contributed by atoms with Crippen LogP contribution in [0.3, 0.4) is 0 Å². The number of aromatic nitrogens is 1. The molecule has 0 radical (unpaired) electrons. The molecule has 36 heavy (non-hydrogen) atoms. The van der Waals surface area contributed by atoms with Crippen molar-refractivity contribution in [1.82, 2.24) is 10.4 Å². The molecular weight excluding hydrogens is 502 g/mol. The topological polar surface area (TPSA) is 123 Å². The van der Waals surface area contributed by atoms with Crippen LogP contribution in [0.15, 0.2) is 36.5 Å². The van der Waals surface area contributed by atoms with Gasteiger partial charge in [0, 0.05) is 19.7 Å². The number of carbonyl (C=O) groups is 1. The zero-order valence-electron chi connectivity index (χ0n) is 18.8. The van der Waals surface area contributed by atoms with Crippen LogP contribution in [0.5, 0.6) is 0 Å². The molecule has 0 saturated heterocycles. The molecule has 1 fully saturated rings. The third kappa shape index (κ3) is 5.03. The highest BCUT2D eigenvalue weighted by Crippen LogP contribution is 2.41. The number of hydrazine groups is 1. The van der Waals surface area contributed by atoms with Crippen LogP contribution in [0.2, 0.25) is 0 Å². The Balaban J connectivity index is 1.71. The lowest BCUT2D eigenvalue weighted by Crippen LogP contribution is -2.38. The highest BCUT2D eigenvalue weighted by Gasteiger charge is 2.26. The second kappa shape index (κ2) is 10.2. The first-order valence-corrected chi connectivity index (χ1v) is 11.7. The predicted molar refractivity (Wildman–Crippen MR) is 124 cm³/mol. The van der Waals surface area contributed by atoms with E-state index in [2.05, 4.69) is 15.7 Å². The number of hydrogen-bond donors (Lipinski definition) is 3. The van der Waals surface area contributed by atoms with Crippen LogP contribution < -0.4 is 20.9 Å². The molecule has 4 rings (SSSR count). The van der Waals surface area contributed by atoms with Crippen LogP contribution in [0.1, 0.15) is 45.8 Å². The maximum absolute atomic E-state index is 15.1. The number of benzene rings is 2. The molecule has 1 heterocycles. The number of hydrogen-bond acceptors (Lipinski definition) is 6. The van der Waals surface area contributed by atoms with Gasteiger partial charge in [0.15, 0.2) is 23.3 Å². The Hall–Kier alpha value is -3.55. The average molecular weight is 523 g/mol. The number of nitrogens with one attached hydrogen (secondary N) is 2. The molecule has 0 bridgehead atoms. The van der Waals surface area contributed by atoms with E-state index in [0.29, 0.717) is 4.41 Å². The maximum atomic E-state index is 15.1. The van der Waals surface area contributed by atoms with Gasteiger partial charge in [0.05, 0.1) is 28.2 Å². The van der Waals surface area contributed by atoms with Gasteiger partial charge in [-0.3, -0.25) is 9.00 Å². The summed E-state index contributed by atoms with van der Waals surface area (Å²) in [5, 5.41) is 2.41. The second-order valence-corrected chi connectivity index (χ2v) is 8.91. The van der Waals surface area contributed by atoms with Crippen LogP contribution in [0, 0.1) is 23.3 Å². The lowest BCUT2D eigenvalue weighted by molar-refractivity contribution is 0.100. The summed E-state index contributed by atoms with van der Waals surface area (Å²) in [5.74, 6) is -6.25. The van der Waals surface area contributed by atoms with Crippen molar-refractivity contribution in [1.29, 1.82) is 0 Å². The molecule has 0 aliphatic heterocycles. The van der Waals surface area contributed by atoms with Crippen molar-refractivity contribution in [3.63, 3.8) is 0 Å². The van der Waals surface area contributed by atoms with E-state index in [-0.39, 0.29) is 17.2 Å². The smallest absolute Gasteiger partial charge is 0.250 e. The molecule has 2 aromatic carbocycles. The van der Waals surface area contributed by atoms with E-state index >= 15 is 8.78 Å². The maximum Gasteiger partial charge on any atom is 0.250 e. The van der Waals surface area contributed by atoms with Crippen molar-refractivity contribution in [2.24, 2.45) is 5.73 Å². The summed E-state index contributed by atoms with van der Waals surface area (Å²) in [6, 6.07) is 6.38. The van der Waals surface area contributed by atoms with Crippen LogP contribution in [0.25, 0.3) is 0 Å². The molecule has 190 valence electrons. The molecule has 0 spiro atoms. The van der Waals surface area contributed by atoms with Gasteiger partial charge in [-0.25, -0.2) is 32.4 Å². The third-order valence-corrected chi connectivity index (χ3v) is 6.38. The largest absolute Gasteiger partial charge is 0.754 e. The van der Waals surface area contributed by atoms with Gasteiger partial charge in [-0.15, -0.1) is 0 Å². The van der Waals surface area contributed by atoms with Gasteiger partial charge in [0.2, 0.25) is 0 Å². The molecule has 4 N–H and O–H groups in total. The van der Waals surface area contributed by atoms with Crippen molar-refractivity contribution in [2.75, 3.05) is 16.8 Å². The highest BCUT2D eigenvalue weighted by atomic mass is 32.2. The Labute approximate surface area is 205 Å². The molecule has 1 atom stereocenters. The van der Waals surface area contributed by atoms with E-state index in [1.165, 1.54) is 19.2 Å². The Morgan fingerprint density at radius 2 is 1.86 bits per heavy atom. The number of rotatable bonds is 9. The molecule has 1 amide bonds. The van der Waals surface area contributed by atoms with Crippen LogP contribution in [-0.4, -0.2) is 26.7 Å². The molecule has 1 aliphatic rings. The normalized spacial score (nSPS) is 13.9. The predicted octanol–water partition coefficient (Wildman–Crippen LogP) is 3.68. The molecular formula is C23H20F4N5O3S-. The van der Waals surface area contributed by atoms with E-state index in [9.17, 15) is 22.3 Å². The van der Waals surface area contributed by atoms with E-state index in [1.807, 2.05) is 0 Å². The number of nitrogens with two attached hydrogens (primary N) is 1. The number of primary amides is 1. The van der Waals surface area contributed by atoms with E-state index in [4.69, 9.17) is 5.73 Å². The van der Waals surface area contributed by atoms with Gasteiger partial charge >= 0.3 is 0 Å². The van der Waals surface area contributed by atoms with Gasteiger partial charge in [-0.2, -0.15) is 0 Å². The van der Waals surface area contributed by atoms with Gasteiger partial charge in [0.25, 0.3) is 5.91 Å². The van der Waals surface area contributed by atoms with Crippen LogP contribution in [0.4, 0.5) is 34.8 Å². The minimum absolute atomic E-state index is 0.185. The Morgan fingerprint density at radius 1 is 1.14 bits per heavy atom. The molecule has 8 nitrogen and oxygen atoms in total. The lowest BCUT2D eigenvalue weighted by Gasteiger charge is -2.24. The van der Waals surface area contributed by atoms with Crippen molar-refractivity contribution in [2.45, 2.75) is 25.2 Å². The summed E-state index contributed by atoms with van der Waals surface area (Å²) in [6.45, 7) is 0. The quantitative estimate of drug-likeness (QED) is 0.224. The summed E-state index contributed by atoms with van der Waals surface area (Å²) >= 11 is -2.93. The fourth-order valence-electron chi connectivity index (χ4n) is 3.77. The van der Waals surface area contributed by atoms with E-state index < -0.39 is 69.5 Å². The summed E-state index contributed by atoms with van der Waals surface area (Å²) in [4.78, 5) is 15.7. The number of pyridine rings is 1. The number of halogens is 4. The minimum atomic E-state index is -2.93. The molecule has 13 heteroatoms. The zero-order valence-corrected chi connectivity index (χ0v) is 19.6. The van der Waals surface area contributed by atoms with Gasteiger partial charge in [-0.05, 0) is 59.7 Å². The molecule has 1 saturated carbocycles. The van der Waals surface area contributed by atoms with Gasteiger partial charge in [0.1, 0.15) is 5.82 Å². The average Bonchev–Trinajstić information content (AvgIpc) is 3.67. The summed E-state index contributed by atoms with van der Waals surface area (Å²) in [5.41, 5.74) is 6.38. The number of amides is 1. The molecule has 1 unspecified atom stereocenters. The first-order chi connectivity index (χ1) is 17.1. The number of carbonyl (C=O) groups excluding carboxylic acids is 1. The van der Waals surface area contributed by atoms with Gasteiger partial charge < -0.3 is 15.6 Å². The fraction of sp³-hybridized carbons (Fsp3) is 0.217. The SMILES string of the molecule is CNN(c1nccc(Cc2cc(C(N)=O)c(Nc3ccc(C4CC4)cc3F)c(F)c2F)c1F)S(=O)[O-]. The zero-order chi connectivity index (χ0) is 26.1. The van der Waals surface area contributed by atoms with E-state index in [0.717, 1.165) is 36.7 Å². The molecule has 1 aliphatic carbocycles. The standard InChI is InChI=1S/C23H21F4N5O3S/c1-29-32(36(34)35)23-19(26)13(6-7-30-23)8-14-9-15(22(28)33)21(20(27)18(14)25)31-17-5-4-12(10-16(17)24)11-2-3-11/h4-7,9-11,29,31H,2-3,8H2,1H3,(H2,28,33)(H,34,35)/p-1. The lowest BCUT2D eigenvalue weighted by atomic mass is 9.99. The number of nitrogens with zero attached hydrogens (tertiary/aromatic N) is 2. The van der Waals surface area contributed by atoms with Crippen LogP contribution in [-0.2, 0) is 17.7 Å². The van der Waals surface area contributed by atoms with Crippen LogP contribution >= 0.6 is 0 Å². The summed E-state index contributed by atoms with van der Waals surface area (Å²) in [6.07, 6.45) is 2.40. The Kier molecular flexibility index (Phi) is 7.24. The van der Waals surface area contributed by atoms with Crippen molar-refractivity contribution < 1.29 is 31.1 Å². The first-order valence-electron chi connectivity index (χ1n) is 10.7. The monoisotopic (exact) mass is 522 g/mol. The third-order valence-electron chi connectivity index (χ3n) is 5.73. The fourth-order valence-corrected chi connectivity index (χ4v) is 4.19. The summed E-state index contributed by atoms with van der Waals surface area (Å²) < 4.78 is 82.7. The summed E-state index contributed by atoms with van der Waals surface area (Å²) in [7, 11) is 1.21. The first kappa shape index (κ1) is 25.5. The number of anilines is 3. The molecule has 1 aromatic heterocycles. The highest BCUT2D eigenvalue weighted by molar-refractivity contribution is 7.80. The van der Waals surface area contributed by atoms with Gasteiger partial charge in [-0.1, -0.05) is 6.07 Å². The Morgan fingerprint density at radius 3 is 2.44 bits per heavy atom. The Bertz CT molecular complexity index is 1370. The minimum Gasteiger partial charge on any atom is -0.754 e. The van der Waals surface area contributed by atoms with Crippen molar-refractivity contribution in [3.8, 4) is 0 Å². The second-order valence-electron chi connectivity index (χ2n) is 8.11. The van der Waals surface area contributed by atoms with Crippen molar-refractivity contribution >= 4 is 34.4 Å². The van der Waals surface area contributed by atoms with Crippen molar-refractivity contribution in [3.05, 3.63) is 82.1 Å². The molecule has 3 aromatic rings. The van der Waals surface area contributed by atoms with E-state index in [1.54, 1.807) is 6.07 Å².